The molecule has 0 aromatic heterocycles. The first-order valence-corrected chi connectivity index (χ1v) is 9.28. The van der Waals surface area contributed by atoms with Crippen molar-refractivity contribution in [2.45, 2.75) is 25.0 Å². The van der Waals surface area contributed by atoms with E-state index in [9.17, 15) is 12.8 Å². The van der Waals surface area contributed by atoms with Gasteiger partial charge in [-0.2, -0.15) is 0 Å². The highest BCUT2D eigenvalue weighted by molar-refractivity contribution is 7.92. The summed E-state index contributed by atoms with van der Waals surface area (Å²) in [6.07, 6.45) is 0. The minimum absolute atomic E-state index is 0.0139. The minimum atomic E-state index is -3.39. The molecule has 0 unspecified atom stereocenters. The van der Waals surface area contributed by atoms with Crippen LogP contribution in [-0.2, 0) is 14.6 Å². The maximum absolute atomic E-state index is 13.5. The van der Waals surface area contributed by atoms with E-state index in [0.717, 1.165) is 0 Å². The lowest BCUT2D eigenvalue weighted by molar-refractivity contribution is 0.121. The Hall–Kier alpha value is -1.05. The van der Waals surface area contributed by atoms with Crippen LogP contribution in [0.15, 0.2) is 24.3 Å². The molecule has 3 atom stereocenters. The van der Waals surface area contributed by atoms with Gasteiger partial charge in [0.1, 0.15) is 5.82 Å². The maximum Gasteiger partial charge on any atom is 0.154 e. The summed E-state index contributed by atoms with van der Waals surface area (Å²) in [5, 5.41) is -0.754. The Bertz CT molecular complexity index is 677. The molecule has 0 radical (unpaired) electrons. The van der Waals surface area contributed by atoms with Crippen molar-refractivity contribution in [3.63, 3.8) is 0 Å². The lowest BCUT2D eigenvalue weighted by Crippen LogP contribution is -2.34. The maximum atomic E-state index is 13.5. The first-order valence-electron chi connectivity index (χ1n) is 7.16. The van der Waals surface area contributed by atoms with Crippen molar-refractivity contribution in [3.05, 3.63) is 35.6 Å². The molecule has 0 amide bonds. The molecule has 0 bridgehead atoms. The molecule has 1 aliphatic rings. The molecule has 2 rings (SSSR count). The van der Waals surface area contributed by atoms with Crippen LogP contribution in [0.25, 0.3) is 0 Å². The fourth-order valence-corrected chi connectivity index (χ4v) is 5.56. The highest BCUT2D eigenvalue weighted by atomic mass is 32.2. The zero-order valence-electron chi connectivity index (χ0n) is 12.6. The van der Waals surface area contributed by atoms with Gasteiger partial charge in [0.25, 0.3) is 0 Å². The van der Waals surface area contributed by atoms with Crippen molar-refractivity contribution in [3.8, 4) is 0 Å². The predicted octanol–water partition coefficient (Wildman–Crippen LogP) is 2.04. The summed E-state index contributed by atoms with van der Waals surface area (Å²) in [7, 11) is -3.39. The Balaban J connectivity index is 2.51. The summed E-state index contributed by atoms with van der Waals surface area (Å²) < 4.78 is 43.9. The summed E-state index contributed by atoms with van der Waals surface area (Å²) in [6, 6.07) is 5.93. The second kappa shape index (κ2) is 6.22. The summed E-state index contributed by atoms with van der Waals surface area (Å²) in [5.74, 6) is -0.887. The zero-order valence-corrected chi connectivity index (χ0v) is 14.2. The normalized spacial score (nSPS) is 27.6. The minimum Gasteiger partial charge on any atom is -0.393 e. The molecule has 1 fully saturated rings. The van der Waals surface area contributed by atoms with Crippen LogP contribution >= 0.6 is 12.2 Å². The SMILES string of the molecule is CCOC[C@@]1(C(N)=S)[C@@H](c2cccc(F)c2)[C@@H]1S(=O)(=O)CC. The van der Waals surface area contributed by atoms with Crippen LogP contribution < -0.4 is 5.73 Å². The molecule has 0 spiro atoms. The van der Waals surface area contributed by atoms with E-state index in [2.05, 4.69) is 0 Å². The second-order valence-electron chi connectivity index (χ2n) is 5.45. The number of thiocarbonyl (C=S) groups is 1. The van der Waals surface area contributed by atoms with Gasteiger partial charge in [-0.05, 0) is 24.6 Å². The van der Waals surface area contributed by atoms with Crippen molar-refractivity contribution in [1.29, 1.82) is 0 Å². The molecule has 4 nitrogen and oxygen atoms in total. The number of nitrogens with two attached hydrogens (primary N) is 1. The highest BCUT2D eigenvalue weighted by Gasteiger charge is 2.72. The van der Waals surface area contributed by atoms with Gasteiger partial charge in [-0.25, -0.2) is 12.8 Å². The van der Waals surface area contributed by atoms with Crippen molar-refractivity contribution >= 4 is 27.0 Å². The van der Waals surface area contributed by atoms with Crippen molar-refractivity contribution < 1.29 is 17.5 Å². The van der Waals surface area contributed by atoms with Gasteiger partial charge in [-0.15, -0.1) is 0 Å². The van der Waals surface area contributed by atoms with E-state index in [1.165, 1.54) is 12.1 Å². The average molecular weight is 345 g/mol. The summed E-state index contributed by atoms with van der Waals surface area (Å²) in [5.41, 5.74) is 5.52. The molecule has 1 aliphatic carbocycles. The van der Waals surface area contributed by atoms with Crippen LogP contribution in [-0.4, -0.2) is 37.6 Å². The molecule has 0 saturated heterocycles. The molecule has 0 heterocycles. The molecule has 1 saturated carbocycles. The summed E-state index contributed by atoms with van der Waals surface area (Å²) in [4.78, 5) is 0.109. The van der Waals surface area contributed by atoms with Gasteiger partial charge in [0.2, 0.25) is 0 Å². The molecular weight excluding hydrogens is 325 g/mol. The average Bonchev–Trinajstić information content (AvgIpc) is 3.16. The third kappa shape index (κ3) is 2.77. The largest absolute Gasteiger partial charge is 0.393 e. The highest BCUT2D eigenvalue weighted by Crippen LogP contribution is 2.63. The van der Waals surface area contributed by atoms with Crippen molar-refractivity contribution in [1.82, 2.24) is 0 Å². The Labute approximate surface area is 135 Å². The quantitative estimate of drug-likeness (QED) is 0.766. The third-order valence-electron chi connectivity index (χ3n) is 4.26. The van der Waals surface area contributed by atoms with Crippen LogP contribution in [0.4, 0.5) is 4.39 Å². The second-order valence-corrected chi connectivity index (χ2v) is 8.30. The number of sulfone groups is 1. The van der Waals surface area contributed by atoms with E-state index in [1.807, 2.05) is 6.92 Å². The number of hydrogen-bond acceptors (Lipinski definition) is 4. The van der Waals surface area contributed by atoms with Crippen molar-refractivity contribution in [2.75, 3.05) is 19.0 Å². The number of benzene rings is 1. The predicted molar refractivity (Wildman–Crippen MR) is 88.1 cm³/mol. The molecule has 7 heteroatoms. The van der Waals surface area contributed by atoms with Crippen LogP contribution in [0.2, 0.25) is 0 Å². The van der Waals surface area contributed by atoms with E-state index >= 15 is 0 Å². The molecule has 2 N–H and O–H groups in total. The molecule has 22 heavy (non-hydrogen) atoms. The van der Waals surface area contributed by atoms with Crippen LogP contribution in [0.3, 0.4) is 0 Å². The van der Waals surface area contributed by atoms with E-state index < -0.39 is 32.2 Å². The van der Waals surface area contributed by atoms with Gasteiger partial charge < -0.3 is 10.5 Å². The topological polar surface area (TPSA) is 69.4 Å². The third-order valence-corrected chi connectivity index (χ3v) is 6.91. The van der Waals surface area contributed by atoms with E-state index in [1.54, 1.807) is 19.1 Å². The van der Waals surface area contributed by atoms with Gasteiger partial charge in [-0.1, -0.05) is 31.3 Å². The van der Waals surface area contributed by atoms with Crippen LogP contribution in [0.5, 0.6) is 0 Å². The molecular formula is C15H20FNO3S2. The van der Waals surface area contributed by atoms with Gasteiger partial charge in [-0.3, -0.25) is 0 Å². The van der Waals surface area contributed by atoms with Gasteiger partial charge in [0.05, 0.1) is 22.3 Å². The fourth-order valence-electron chi connectivity index (χ4n) is 3.09. The van der Waals surface area contributed by atoms with Crippen LogP contribution in [0, 0.1) is 11.2 Å². The van der Waals surface area contributed by atoms with Gasteiger partial charge >= 0.3 is 0 Å². The Morgan fingerprint density at radius 1 is 1.45 bits per heavy atom. The summed E-state index contributed by atoms with van der Waals surface area (Å²) in [6.45, 7) is 3.96. The number of hydrogen-bond donors (Lipinski definition) is 1. The van der Waals surface area contributed by atoms with E-state index in [-0.39, 0.29) is 17.3 Å². The van der Waals surface area contributed by atoms with Gasteiger partial charge in [0, 0.05) is 18.3 Å². The molecule has 1 aromatic carbocycles. The lowest BCUT2D eigenvalue weighted by Gasteiger charge is -2.16. The molecule has 1 aromatic rings. The first kappa shape index (κ1) is 17.3. The van der Waals surface area contributed by atoms with Crippen LogP contribution in [0.1, 0.15) is 25.3 Å². The Morgan fingerprint density at radius 3 is 2.64 bits per heavy atom. The van der Waals surface area contributed by atoms with E-state index in [0.29, 0.717) is 12.2 Å². The zero-order chi connectivity index (χ0) is 16.5. The molecule has 0 aliphatic heterocycles. The number of rotatable bonds is 7. The Morgan fingerprint density at radius 2 is 2.14 bits per heavy atom. The lowest BCUT2D eigenvalue weighted by atomic mass is 10.00. The number of halogens is 1. The Kier molecular flexibility index (Phi) is 4.89. The fraction of sp³-hybridized carbons (Fsp3) is 0.533. The van der Waals surface area contributed by atoms with Crippen molar-refractivity contribution in [2.24, 2.45) is 11.1 Å². The van der Waals surface area contributed by atoms with Gasteiger partial charge in [0.15, 0.2) is 9.84 Å². The standard InChI is InChI=1S/C15H20FNO3S2/c1-3-20-9-15(14(17)21)12(13(15)22(18,19)4-2)10-6-5-7-11(16)8-10/h5-8,12-13H,3-4,9H2,1-2H3,(H2,17,21)/t12-,13-,15+/m0/s1. The first-order chi connectivity index (χ1) is 10.3. The summed E-state index contributed by atoms with van der Waals surface area (Å²) >= 11 is 5.15. The number of ether oxygens (including phenoxy) is 1. The molecule has 122 valence electrons. The smallest absolute Gasteiger partial charge is 0.154 e. The monoisotopic (exact) mass is 345 g/mol. The van der Waals surface area contributed by atoms with E-state index in [4.69, 9.17) is 22.7 Å².